The highest BCUT2D eigenvalue weighted by Gasteiger charge is 2.22. The van der Waals surface area contributed by atoms with Crippen LogP contribution < -0.4 is 9.64 Å². The average Bonchev–Trinajstić information content (AvgIpc) is 3.15. The highest BCUT2D eigenvalue weighted by molar-refractivity contribution is 7.99. The SMILES string of the molecule is CC(C)Cn1c(SCC(=O)N(C)c2ccccc2)nnc1C(C)Oc1ccccc1F. The van der Waals surface area contributed by atoms with Crippen LogP contribution in [-0.4, -0.2) is 33.5 Å². The number of halogens is 1. The van der Waals surface area contributed by atoms with E-state index < -0.39 is 11.9 Å². The van der Waals surface area contributed by atoms with Gasteiger partial charge in [0.2, 0.25) is 5.91 Å². The van der Waals surface area contributed by atoms with Crippen molar-refractivity contribution < 1.29 is 13.9 Å². The van der Waals surface area contributed by atoms with Gasteiger partial charge in [-0.15, -0.1) is 10.2 Å². The van der Waals surface area contributed by atoms with E-state index >= 15 is 0 Å². The van der Waals surface area contributed by atoms with E-state index in [-0.39, 0.29) is 17.4 Å². The molecule has 31 heavy (non-hydrogen) atoms. The molecule has 1 amide bonds. The van der Waals surface area contributed by atoms with Gasteiger partial charge < -0.3 is 14.2 Å². The molecule has 1 aromatic heterocycles. The molecule has 0 fully saturated rings. The molecular formula is C23H27FN4O2S. The van der Waals surface area contributed by atoms with E-state index in [9.17, 15) is 9.18 Å². The number of amides is 1. The second-order valence-electron chi connectivity index (χ2n) is 7.61. The van der Waals surface area contributed by atoms with Crippen molar-refractivity contribution in [2.75, 3.05) is 17.7 Å². The van der Waals surface area contributed by atoms with E-state index in [1.54, 1.807) is 30.1 Å². The number of aromatic nitrogens is 3. The van der Waals surface area contributed by atoms with Crippen LogP contribution in [0.25, 0.3) is 0 Å². The number of anilines is 1. The fraction of sp³-hybridized carbons (Fsp3) is 0.348. The normalized spacial score (nSPS) is 12.1. The minimum Gasteiger partial charge on any atom is -0.480 e. The Balaban J connectivity index is 1.74. The molecule has 0 spiro atoms. The van der Waals surface area contributed by atoms with Crippen molar-refractivity contribution >= 4 is 23.4 Å². The predicted molar refractivity (Wildman–Crippen MR) is 121 cm³/mol. The number of nitrogens with zero attached hydrogens (tertiary/aromatic N) is 4. The van der Waals surface area contributed by atoms with Gasteiger partial charge in [-0.25, -0.2) is 4.39 Å². The second-order valence-corrected chi connectivity index (χ2v) is 8.56. The zero-order chi connectivity index (χ0) is 22.4. The average molecular weight is 443 g/mol. The molecule has 0 saturated carbocycles. The van der Waals surface area contributed by atoms with Gasteiger partial charge in [0, 0.05) is 19.3 Å². The van der Waals surface area contributed by atoms with E-state index in [0.717, 1.165) is 5.69 Å². The maximum atomic E-state index is 14.0. The topological polar surface area (TPSA) is 60.2 Å². The lowest BCUT2D eigenvalue weighted by molar-refractivity contribution is -0.115. The summed E-state index contributed by atoms with van der Waals surface area (Å²) in [6, 6.07) is 15.8. The van der Waals surface area contributed by atoms with Gasteiger partial charge in [-0.2, -0.15) is 0 Å². The monoisotopic (exact) mass is 442 g/mol. The van der Waals surface area contributed by atoms with Crippen LogP contribution in [0, 0.1) is 11.7 Å². The summed E-state index contributed by atoms with van der Waals surface area (Å²) in [6.45, 7) is 6.66. The number of para-hydroxylation sites is 2. The lowest BCUT2D eigenvalue weighted by Crippen LogP contribution is -2.28. The Bertz CT molecular complexity index is 1010. The number of hydrogen-bond donors (Lipinski definition) is 0. The van der Waals surface area contributed by atoms with E-state index in [1.807, 2.05) is 41.8 Å². The molecule has 1 heterocycles. The largest absolute Gasteiger partial charge is 0.480 e. The highest BCUT2D eigenvalue weighted by Crippen LogP contribution is 2.27. The molecule has 0 saturated heterocycles. The molecule has 2 aromatic carbocycles. The van der Waals surface area contributed by atoms with Gasteiger partial charge in [0.1, 0.15) is 0 Å². The van der Waals surface area contributed by atoms with Gasteiger partial charge in [-0.3, -0.25) is 4.79 Å². The molecular weight excluding hydrogens is 415 g/mol. The first-order valence-corrected chi connectivity index (χ1v) is 11.1. The van der Waals surface area contributed by atoms with E-state index in [0.29, 0.717) is 23.4 Å². The zero-order valence-electron chi connectivity index (χ0n) is 18.2. The molecule has 0 aliphatic rings. The first-order valence-electron chi connectivity index (χ1n) is 10.2. The molecule has 3 rings (SSSR count). The van der Waals surface area contributed by atoms with Crippen molar-refractivity contribution in [3.05, 3.63) is 66.2 Å². The number of benzene rings is 2. The molecule has 1 unspecified atom stereocenters. The number of hydrogen-bond acceptors (Lipinski definition) is 5. The Hall–Kier alpha value is -2.87. The molecule has 0 aliphatic carbocycles. The summed E-state index contributed by atoms with van der Waals surface area (Å²) in [5.74, 6) is 0.870. The van der Waals surface area contributed by atoms with Gasteiger partial charge in [0.05, 0.1) is 5.75 Å². The number of carbonyl (C=O) groups excluding carboxylic acids is 1. The maximum Gasteiger partial charge on any atom is 0.237 e. The Kier molecular flexibility index (Phi) is 7.68. The quantitative estimate of drug-likeness (QED) is 0.438. The van der Waals surface area contributed by atoms with E-state index in [4.69, 9.17) is 4.74 Å². The van der Waals surface area contributed by atoms with Crippen LogP contribution in [0.1, 0.15) is 32.7 Å². The maximum absolute atomic E-state index is 14.0. The molecule has 0 radical (unpaired) electrons. The van der Waals surface area contributed by atoms with Crippen LogP contribution in [0.5, 0.6) is 5.75 Å². The highest BCUT2D eigenvalue weighted by atomic mass is 32.2. The standard InChI is InChI=1S/C23H27FN4O2S/c1-16(2)14-28-22(17(3)30-20-13-9-8-12-19(20)24)25-26-23(28)31-15-21(29)27(4)18-10-6-5-7-11-18/h5-13,16-17H,14-15H2,1-4H3. The van der Waals surface area contributed by atoms with Gasteiger partial charge >= 0.3 is 0 Å². The van der Waals surface area contributed by atoms with Crippen molar-refractivity contribution in [1.82, 2.24) is 14.8 Å². The van der Waals surface area contributed by atoms with Crippen LogP contribution in [-0.2, 0) is 11.3 Å². The van der Waals surface area contributed by atoms with E-state index in [2.05, 4.69) is 24.0 Å². The first-order chi connectivity index (χ1) is 14.9. The van der Waals surface area contributed by atoms with E-state index in [1.165, 1.54) is 17.8 Å². The van der Waals surface area contributed by atoms with Crippen LogP contribution in [0.3, 0.4) is 0 Å². The summed E-state index contributed by atoms with van der Waals surface area (Å²) in [6.07, 6.45) is -0.500. The zero-order valence-corrected chi connectivity index (χ0v) is 19.0. The van der Waals surface area contributed by atoms with Crippen molar-refractivity contribution in [3.8, 4) is 5.75 Å². The van der Waals surface area contributed by atoms with Gasteiger partial charge in [0.25, 0.3) is 0 Å². The Morgan fingerprint density at radius 3 is 2.45 bits per heavy atom. The minimum absolute atomic E-state index is 0.0347. The van der Waals surface area contributed by atoms with Crippen LogP contribution in [0.4, 0.5) is 10.1 Å². The first kappa shape index (κ1) is 22.8. The number of carbonyl (C=O) groups is 1. The second kappa shape index (κ2) is 10.4. The molecule has 6 nitrogen and oxygen atoms in total. The van der Waals surface area contributed by atoms with Crippen LogP contribution in [0.15, 0.2) is 59.8 Å². The molecule has 0 bridgehead atoms. The van der Waals surface area contributed by atoms with Crippen LogP contribution in [0.2, 0.25) is 0 Å². The lowest BCUT2D eigenvalue weighted by atomic mass is 10.2. The molecule has 0 aliphatic heterocycles. The van der Waals surface area contributed by atoms with Gasteiger partial charge in [0.15, 0.2) is 28.7 Å². The molecule has 164 valence electrons. The number of thioether (sulfide) groups is 1. The third-order valence-corrected chi connectivity index (χ3v) is 5.59. The van der Waals surface area contributed by atoms with Crippen molar-refractivity contribution in [2.24, 2.45) is 5.92 Å². The summed E-state index contributed by atoms with van der Waals surface area (Å²) in [7, 11) is 1.76. The van der Waals surface area contributed by atoms with Crippen molar-refractivity contribution in [1.29, 1.82) is 0 Å². The summed E-state index contributed by atoms with van der Waals surface area (Å²) < 4.78 is 21.8. The van der Waals surface area contributed by atoms with Gasteiger partial charge in [-0.05, 0) is 37.1 Å². The van der Waals surface area contributed by atoms with Crippen molar-refractivity contribution in [2.45, 2.75) is 38.6 Å². The molecule has 3 aromatic rings. The van der Waals surface area contributed by atoms with Crippen LogP contribution >= 0.6 is 11.8 Å². The number of ether oxygens (including phenoxy) is 1. The van der Waals surface area contributed by atoms with Gasteiger partial charge in [-0.1, -0.05) is 55.9 Å². The summed E-state index contributed by atoms with van der Waals surface area (Å²) in [5, 5.41) is 9.23. The fourth-order valence-electron chi connectivity index (χ4n) is 3.05. The van der Waals surface area contributed by atoms with Crippen molar-refractivity contribution in [3.63, 3.8) is 0 Å². The predicted octanol–water partition coefficient (Wildman–Crippen LogP) is 4.97. The number of rotatable bonds is 9. The third kappa shape index (κ3) is 5.85. The molecule has 1 atom stereocenters. The minimum atomic E-state index is -0.500. The summed E-state index contributed by atoms with van der Waals surface area (Å²) in [4.78, 5) is 14.3. The smallest absolute Gasteiger partial charge is 0.237 e. The third-order valence-electron chi connectivity index (χ3n) is 4.64. The Morgan fingerprint density at radius 1 is 1.10 bits per heavy atom. The Labute approximate surface area is 186 Å². The fourth-order valence-corrected chi connectivity index (χ4v) is 3.92. The summed E-state index contributed by atoms with van der Waals surface area (Å²) >= 11 is 1.34. The molecule has 8 heteroatoms. The summed E-state index contributed by atoms with van der Waals surface area (Å²) in [5.41, 5.74) is 0.837. The Morgan fingerprint density at radius 2 is 1.77 bits per heavy atom. The molecule has 0 N–H and O–H groups in total. The lowest BCUT2D eigenvalue weighted by Gasteiger charge is -2.19.